The first-order valence-electron chi connectivity index (χ1n) is 8.42. The van der Waals surface area contributed by atoms with Gasteiger partial charge in [-0.3, -0.25) is 4.79 Å². The van der Waals surface area contributed by atoms with Crippen LogP contribution < -0.4 is 0 Å². The first-order chi connectivity index (χ1) is 12.2. The minimum Gasteiger partial charge on any atom is -0.345 e. The number of H-pyrrole nitrogens is 1. The maximum Gasteiger partial charge on any atom is 0.236 e. The lowest BCUT2D eigenvalue weighted by Gasteiger charge is -2.37. The molecule has 25 heavy (non-hydrogen) atoms. The van der Waals surface area contributed by atoms with E-state index >= 15 is 0 Å². The first-order valence-corrected chi connectivity index (χ1v) is 8.42. The quantitative estimate of drug-likeness (QED) is 0.776. The summed E-state index contributed by atoms with van der Waals surface area (Å²) in [6.45, 7) is 3.55. The average molecular weight is 334 g/mol. The molecule has 126 valence electrons. The molecule has 3 aromatic rings. The molecule has 0 aromatic carbocycles. The third-order valence-corrected chi connectivity index (χ3v) is 5.14. The van der Waals surface area contributed by atoms with E-state index in [4.69, 9.17) is 5.26 Å². The summed E-state index contributed by atoms with van der Waals surface area (Å²) in [4.78, 5) is 21.4. The zero-order valence-corrected chi connectivity index (χ0v) is 13.9. The zero-order chi connectivity index (χ0) is 17.4. The van der Waals surface area contributed by atoms with Crippen LogP contribution in [0.3, 0.4) is 0 Å². The smallest absolute Gasteiger partial charge is 0.236 e. The number of likely N-dealkylation sites (tertiary alicyclic amines) is 1. The Morgan fingerprint density at radius 1 is 1.44 bits per heavy atom. The van der Waals surface area contributed by atoms with Crippen molar-refractivity contribution in [2.75, 3.05) is 13.1 Å². The summed E-state index contributed by atoms with van der Waals surface area (Å²) in [5, 5.41) is 19.2. The number of aromatic amines is 1. The third kappa shape index (κ3) is 2.60. The molecule has 4 rings (SSSR count). The molecule has 0 radical (unpaired) electrons. The molecule has 0 aliphatic carbocycles. The lowest BCUT2D eigenvalue weighted by molar-refractivity contribution is -0.131. The Labute approximate surface area is 144 Å². The molecular formula is C18H18N6O. The van der Waals surface area contributed by atoms with Gasteiger partial charge in [-0.25, -0.2) is 4.98 Å². The topological polar surface area (TPSA) is 98.6 Å². The Morgan fingerprint density at radius 2 is 2.32 bits per heavy atom. The zero-order valence-electron chi connectivity index (χ0n) is 13.9. The van der Waals surface area contributed by atoms with Crippen LogP contribution in [0.2, 0.25) is 0 Å². The predicted octanol–water partition coefficient (Wildman–Crippen LogP) is 2.37. The summed E-state index contributed by atoms with van der Waals surface area (Å²) in [6, 6.07) is 5.98. The number of nitrogens with one attached hydrogen (secondary N) is 1. The molecule has 0 saturated carbocycles. The average Bonchev–Trinajstić information content (AvgIpc) is 3.11. The Morgan fingerprint density at radius 3 is 3.16 bits per heavy atom. The standard InChI is InChI=1S/C18H18N6O/c1-11-5-9-24(15(25)2-6-19)10-14(11)12-3-7-21-18-16(12)13-4-8-20-17(13)22-23-18/h3-4,7-8,11,14H,2,5,9-10H2,1H3,(H,21,23). The van der Waals surface area contributed by atoms with Crippen molar-refractivity contribution in [3.63, 3.8) is 0 Å². The molecule has 1 saturated heterocycles. The van der Waals surface area contributed by atoms with Gasteiger partial charge < -0.3 is 9.88 Å². The fraction of sp³-hybridized carbons (Fsp3) is 0.389. The second-order valence-electron chi connectivity index (χ2n) is 6.59. The van der Waals surface area contributed by atoms with Gasteiger partial charge in [-0.05, 0) is 30.0 Å². The van der Waals surface area contributed by atoms with E-state index in [1.807, 2.05) is 23.2 Å². The molecule has 3 aromatic heterocycles. The Kier molecular flexibility index (Phi) is 3.80. The highest BCUT2D eigenvalue weighted by atomic mass is 16.2. The highest BCUT2D eigenvalue weighted by Gasteiger charge is 2.31. The number of carbonyl (C=O) groups excluding carboxylic acids is 1. The van der Waals surface area contributed by atoms with Gasteiger partial charge in [0.2, 0.25) is 5.91 Å². The summed E-state index contributed by atoms with van der Waals surface area (Å²) in [7, 11) is 0. The molecule has 0 spiro atoms. The van der Waals surface area contributed by atoms with Crippen LogP contribution in [-0.4, -0.2) is 44.1 Å². The number of amides is 1. The second kappa shape index (κ2) is 6.13. The van der Waals surface area contributed by atoms with Crippen LogP contribution in [0, 0.1) is 17.2 Å². The van der Waals surface area contributed by atoms with E-state index < -0.39 is 0 Å². The largest absolute Gasteiger partial charge is 0.345 e. The van der Waals surface area contributed by atoms with Crippen molar-refractivity contribution < 1.29 is 4.79 Å². The summed E-state index contributed by atoms with van der Waals surface area (Å²) >= 11 is 0. The molecule has 2 unspecified atom stereocenters. The Bertz CT molecular complexity index is 988. The molecule has 7 heteroatoms. The van der Waals surface area contributed by atoms with E-state index in [0.717, 1.165) is 28.4 Å². The second-order valence-corrected chi connectivity index (χ2v) is 6.59. The maximum atomic E-state index is 12.2. The minimum atomic E-state index is -0.0916. The van der Waals surface area contributed by atoms with Crippen LogP contribution in [0.4, 0.5) is 0 Å². The van der Waals surface area contributed by atoms with Crippen molar-refractivity contribution >= 4 is 28.0 Å². The number of pyridine rings is 1. The SMILES string of the molecule is CC1CCN(C(=O)CC#N)CC1c1cc[nH]c2nnc3nccc3c12. The number of fused-ring (bicyclic) bond motifs is 3. The Balaban J connectivity index is 1.81. The van der Waals surface area contributed by atoms with Crippen molar-refractivity contribution in [2.24, 2.45) is 5.92 Å². The van der Waals surface area contributed by atoms with Gasteiger partial charge in [-0.1, -0.05) is 6.92 Å². The van der Waals surface area contributed by atoms with Gasteiger partial charge in [0, 0.05) is 42.2 Å². The fourth-order valence-corrected chi connectivity index (χ4v) is 3.75. The lowest BCUT2D eigenvalue weighted by Crippen LogP contribution is -2.42. The van der Waals surface area contributed by atoms with Crippen molar-refractivity contribution in [2.45, 2.75) is 25.7 Å². The van der Waals surface area contributed by atoms with Gasteiger partial charge in [0.05, 0.1) is 6.07 Å². The molecule has 1 aliphatic heterocycles. The Hall–Kier alpha value is -3.01. The van der Waals surface area contributed by atoms with Gasteiger partial charge in [-0.15, -0.1) is 10.2 Å². The highest BCUT2D eigenvalue weighted by molar-refractivity contribution is 6.03. The molecule has 7 nitrogen and oxygen atoms in total. The van der Waals surface area contributed by atoms with Crippen LogP contribution in [0.1, 0.15) is 31.2 Å². The molecule has 0 bridgehead atoms. The monoisotopic (exact) mass is 334 g/mol. The van der Waals surface area contributed by atoms with E-state index in [0.29, 0.717) is 24.7 Å². The van der Waals surface area contributed by atoms with E-state index in [-0.39, 0.29) is 18.2 Å². The van der Waals surface area contributed by atoms with Gasteiger partial charge in [0.15, 0.2) is 11.3 Å². The minimum absolute atomic E-state index is 0.0626. The van der Waals surface area contributed by atoms with Crippen LogP contribution in [0.15, 0.2) is 24.5 Å². The van der Waals surface area contributed by atoms with Crippen molar-refractivity contribution in [1.82, 2.24) is 25.1 Å². The lowest BCUT2D eigenvalue weighted by atomic mass is 9.80. The van der Waals surface area contributed by atoms with Gasteiger partial charge in [0.1, 0.15) is 6.42 Å². The normalized spacial score (nSPS) is 20.7. The number of hydrogen-bond donors (Lipinski definition) is 1. The number of piperidine rings is 1. The molecule has 1 N–H and O–H groups in total. The number of nitrogens with zero attached hydrogens (tertiary/aromatic N) is 5. The fourth-order valence-electron chi connectivity index (χ4n) is 3.75. The molecule has 2 atom stereocenters. The maximum absolute atomic E-state index is 12.2. The number of nitriles is 1. The van der Waals surface area contributed by atoms with Gasteiger partial charge in [0.25, 0.3) is 0 Å². The van der Waals surface area contributed by atoms with Crippen LogP contribution in [-0.2, 0) is 4.79 Å². The summed E-state index contributed by atoms with van der Waals surface area (Å²) < 4.78 is 0. The molecule has 1 fully saturated rings. The van der Waals surface area contributed by atoms with Gasteiger partial charge in [-0.2, -0.15) is 5.26 Å². The highest BCUT2D eigenvalue weighted by Crippen LogP contribution is 2.37. The van der Waals surface area contributed by atoms with Crippen molar-refractivity contribution in [3.8, 4) is 6.07 Å². The number of hydrogen-bond acceptors (Lipinski definition) is 5. The first kappa shape index (κ1) is 15.5. The van der Waals surface area contributed by atoms with E-state index in [1.165, 1.54) is 0 Å². The summed E-state index contributed by atoms with van der Waals surface area (Å²) in [5.41, 5.74) is 2.52. The van der Waals surface area contributed by atoms with E-state index in [2.05, 4.69) is 33.2 Å². The van der Waals surface area contributed by atoms with Crippen molar-refractivity contribution in [3.05, 3.63) is 30.1 Å². The molecule has 4 heterocycles. The number of rotatable bonds is 2. The van der Waals surface area contributed by atoms with Crippen molar-refractivity contribution in [1.29, 1.82) is 5.26 Å². The number of carbonyl (C=O) groups is 1. The number of aromatic nitrogens is 4. The molecule has 1 amide bonds. The predicted molar refractivity (Wildman–Crippen MR) is 92.5 cm³/mol. The van der Waals surface area contributed by atoms with Crippen LogP contribution in [0.5, 0.6) is 0 Å². The van der Waals surface area contributed by atoms with E-state index in [9.17, 15) is 4.79 Å². The van der Waals surface area contributed by atoms with Crippen LogP contribution >= 0.6 is 0 Å². The third-order valence-electron chi connectivity index (χ3n) is 5.14. The van der Waals surface area contributed by atoms with E-state index in [1.54, 1.807) is 6.20 Å². The van der Waals surface area contributed by atoms with Crippen LogP contribution in [0.25, 0.3) is 22.1 Å². The molecule has 1 aliphatic rings. The molecular weight excluding hydrogens is 316 g/mol. The summed E-state index contributed by atoms with van der Waals surface area (Å²) in [5.74, 6) is 0.532. The van der Waals surface area contributed by atoms with Gasteiger partial charge >= 0.3 is 0 Å². The summed E-state index contributed by atoms with van der Waals surface area (Å²) in [6.07, 6.45) is 4.47.